The van der Waals surface area contributed by atoms with E-state index in [-0.39, 0.29) is 18.4 Å². The molecular weight excluding hydrogens is 488 g/mol. The number of ether oxygens (including phenoxy) is 1. The minimum absolute atomic E-state index is 0.210. The van der Waals surface area contributed by atoms with Crippen LogP contribution >= 0.6 is 31.9 Å². The molecule has 0 spiro atoms. The molecule has 0 aliphatic rings. The standard InChI is InChI=1S/C21H16Br2N2O3/c22-14-5-9-16(10-6-14)24-20(26)13-28-19-4-2-1-3-18(19)21(27)25-17-11-7-15(23)8-12-17/h1-12H,13H2,(H,24,26)(H,25,27). The SMILES string of the molecule is O=C(COc1ccccc1C(=O)Nc1ccc(Br)cc1)Nc1ccc(Br)cc1. The zero-order valence-corrected chi connectivity index (χ0v) is 17.8. The third-order valence-electron chi connectivity index (χ3n) is 3.72. The second kappa shape index (κ2) is 9.52. The molecule has 3 aromatic rings. The van der Waals surface area contributed by atoms with E-state index in [1.807, 2.05) is 24.3 Å². The fourth-order valence-electron chi connectivity index (χ4n) is 2.39. The normalized spacial score (nSPS) is 10.2. The molecule has 0 aromatic heterocycles. The van der Waals surface area contributed by atoms with Crippen molar-refractivity contribution in [3.8, 4) is 5.75 Å². The Morgan fingerprint density at radius 2 is 1.29 bits per heavy atom. The summed E-state index contributed by atoms with van der Waals surface area (Å²) in [5.74, 6) is -0.292. The van der Waals surface area contributed by atoms with E-state index in [4.69, 9.17) is 4.74 Å². The van der Waals surface area contributed by atoms with Gasteiger partial charge in [0.05, 0.1) is 5.56 Å². The summed E-state index contributed by atoms with van der Waals surface area (Å²) in [6.07, 6.45) is 0. The quantitative estimate of drug-likeness (QED) is 0.468. The number of anilines is 2. The van der Waals surface area contributed by atoms with Crippen LogP contribution in [-0.2, 0) is 4.79 Å². The lowest BCUT2D eigenvalue weighted by Gasteiger charge is -2.12. The molecule has 0 radical (unpaired) electrons. The Balaban J connectivity index is 1.63. The summed E-state index contributed by atoms with van der Waals surface area (Å²) >= 11 is 6.70. The second-order valence-electron chi connectivity index (χ2n) is 5.80. The summed E-state index contributed by atoms with van der Waals surface area (Å²) in [5.41, 5.74) is 1.68. The van der Waals surface area contributed by atoms with Crippen molar-refractivity contribution in [2.45, 2.75) is 0 Å². The molecule has 0 saturated carbocycles. The van der Waals surface area contributed by atoms with Gasteiger partial charge in [-0.15, -0.1) is 0 Å². The van der Waals surface area contributed by atoms with E-state index in [0.29, 0.717) is 22.7 Å². The van der Waals surface area contributed by atoms with Crippen molar-refractivity contribution in [2.24, 2.45) is 0 Å². The first-order chi connectivity index (χ1) is 13.5. The van der Waals surface area contributed by atoms with Gasteiger partial charge in [-0.1, -0.05) is 44.0 Å². The highest BCUT2D eigenvalue weighted by Crippen LogP contribution is 2.21. The van der Waals surface area contributed by atoms with Gasteiger partial charge in [-0.25, -0.2) is 0 Å². The minimum atomic E-state index is -0.314. The van der Waals surface area contributed by atoms with E-state index in [0.717, 1.165) is 8.95 Å². The van der Waals surface area contributed by atoms with Crippen molar-refractivity contribution in [2.75, 3.05) is 17.2 Å². The zero-order valence-electron chi connectivity index (χ0n) is 14.6. The molecule has 3 aromatic carbocycles. The maximum absolute atomic E-state index is 12.6. The molecule has 28 heavy (non-hydrogen) atoms. The predicted molar refractivity (Wildman–Crippen MR) is 117 cm³/mol. The molecule has 3 rings (SSSR count). The molecule has 0 aliphatic heterocycles. The van der Waals surface area contributed by atoms with Crippen molar-refractivity contribution in [3.05, 3.63) is 87.3 Å². The molecule has 0 atom stereocenters. The number of halogens is 2. The number of carbonyl (C=O) groups excluding carboxylic acids is 2. The van der Waals surface area contributed by atoms with Crippen LogP contribution < -0.4 is 15.4 Å². The van der Waals surface area contributed by atoms with Gasteiger partial charge in [-0.3, -0.25) is 9.59 Å². The van der Waals surface area contributed by atoms with Crippen LogP contribution in [0.15, 0.2) is 81.7 Å². The largest absolute Gasteiger partial charge is 0.483 e. The Morgan fingerprint density at radius 1 is 0.750 bits per heavy atom. The molecule has 5 nitrogen and oxygen atoms in total. The highest BCUT2D eigenvalue weighted by atomic mass is 79.9. The summed E-state index contributed by atoms with van der Waals surface area (Å²) in [6, 6.07) is 21.3. The molecule has 142 valence electrons. The molecule has 0 heterocycles. The number of benzene rings is 3. The van der Waals surface area contributed by atoms with Crippen molar-refractivity contribution in [1.82, 2.24) is 0 Å². The average Bonchev–Trinajstić information content (AvgIpc) is 2.70. The van der Waals surface area contributed by atoms with Crippen molar-refractivity contribution < 1.29 is 14.3 Å². The maximum atomic E-state index is 12.6. The minimum Gasteiger partial charge on any atom is -0.483 e. The van der Waals surface area contributed by atoms with Crippen LogP contribution in [0.2, 0.25) is 0 Å². The van der Waals surface area contributed by atoms with E-state index in [1.165, 1.54) is 0 Å². The van der Waals surface area contributed by atoms with Gasteiger partial charge in [0.2, 0.25) is 0 Å². The number of amides is 2. The lowest BCUT2D eigenvalue weighted by atomic mass is 10.2. The van der Waals surface area contributed by atoms with Crippen LogP contribution in [0.5, 0.6) is 5.75 Å². The van der Waals surface area contributed by atoms with Gasteiger partial charge in [0, 0.05) is 20.3 Å². The fourth-order valence-corrected chi connectivity index (χ4v) is 2.91. The first-order valence-corrected chi connectivity index (χ1v) is 9.94. The Kier molecular flexibility index (Phi) is 6.84. The second-order valence-corrected chi connectivity index (χ2v) is 7.63. The third-order valence-corrected chi connectivity index (χ3v) is 4.78. The molecule has 2 amide bonds. The summed E-state index contributed by atoms with van der Waals surface area (Å²) < 4.78 is 7.43. The Labute approximate surface area is 179 Å². The molecule has 0 saturated heterocycles. The van der Waals surface area contributed by atoms with Crippen LogP contribution in [0, 0.1) is 0 Å². The maximum Gasteiger partial charge on any atom is 0.262 e. The number of rotatable bonds is 6. The number of nitrogens with one attached hydrogen (secondary N) is 2. The smallest absolute Gasteiger partial charge is 0.262 e. The first-order valence-electron chi connectivity index (χ1n) is 8.35. The molecule has 0 aliphatic carbocycles. The molecule has 0 unspecified atom stereocenters. The van der Waals surface area contributed by atoms with Gasteiger partial charge >= 0.3 is 0 Å². The summed E-state index contributed by atoms with van der Waals surface area (Å²) in [4.78, 5) is 24.7. The van der Waals surface area contributed by atoms with Gasteiger partial charge in [-0.2, -0.15) is 0 Å². The van der Waals surface area contributed by atoms with Gasteiger partial charge < -0.3 is 15.4 Å². The van der Waals surface area contributed by atoms with Crippen LogP contribution in [0.25, 0.3) is 0 Å². The molecule has 0 bridgehead atoms. The molecule has 7 heteroatoms. The van der Waals surface area contributed by atoms with Crippen molar-refractivity contribution in [3.63, 3.8) is 0 Å². The lowest BCUT2D eigenvalue weighted by Crippen LogP contribution is -2.21. The highest BCUT2D eigenvalue weighted by Gasteiger charge is 2.14. The van der Waals surface area contributed by atoms with Gasteiger partial charge in [0.15, 0.2) is 6.61 Å². The van der Waals surface area contributed by atoms with Crippen LogP contribution in [-0.4, -0.2) is 18.4 Å². The Morgan fingerprint density at radius 3 is 1.89 bits per heavy atom. The lowest BCUT2D eigenvalue weighted by molar-refractivity contribution is -0.118. The zero-order chi connectivity index (χ0) is 19.9. The summed E-state index contributed by atoms with van der Waals surface area (Å²) in [7, 11) is 0. The van der Waals surface area contributed by atoms with Crippen molar-refractivity contribution >= 4 is 55.0 Å². The number of carbonyl (C=O) groups is 2. The van der Waals surface area contributed by atoms with Gasteiger partial charge in [0.1, 0.15) is 5.75 Å². The molecular formula is C21H16Br2N2O3. The van der Waals surface area contributed by atoms with E-state index in [2.05, 4.69) is 42.5 Å². The fraction of sp³-hybridized carbons (Fsp3) is 0.0476. The number of hydrogen-bond donors (Lipinski definition) is 2. The van der Waals surface area contributed by atoms with Gasteiger partial charge in [-0.05, 0) is 60.7 Å². The van der Waals surface area contributed by atoms with E-state index < -0.39 is 0 Å². The van der Waals surface area contributed by atoms with Crippen LogP contribution in [0.1, 0.15) is 10.4 Å². The summed E-state index contributed by atoms with van der Waals surface area (Å²) in [5, 5.41) is 5.56. The highest BCUT2D eigenvalue weighted by molar-refractivity contribution is 9.10. The third kappa shape index (κ3) is 5.68. The average molecular weight is 504 g/mol. The number of hydrogen-bond acceptors (Lipinski definition) is 3. The van der Waals surface area contributed by atoms with E-state index in [1.54, 1.807) is 48.5 Å². The van der Waals surface area contributed by atoms with Crippen LogP contribution in [0.3, 0.4) is 0 Å². The Hall–Kier alpha value is -2.64. The van der Waals surface area contributed by atoms with E-state index >= 15 is 0 Å². The van der Waals surface area contributed by atoms with Crippen LogP contribution in [0.4, 0.5) is 11.4 Å². The van der Waals surface area contributed by atoms with Crippen molar-refractivity contribution in [1.29, 1.82) is 0 Å². The van der Waals surface area contributed by atoms with Gasteiger partial charge in [0.25, 0.3) is 11.8 Å². The monoisotopic (exact) mass is 502 g/mol. The predicted octanol–water partition coefficient (Wildman–Crippen LogP) is 5.48. The Bertz CT molecular complexity index is 974. The summed E-state index contributed by atoms with van der Waals surface area (Å²) in [6.45, 7) is -0.210. The van der Waals surface area contributed by atoms with E-state index in [9.17, 15) is 9.59 Å². The number of para-hydroxylation sites is 1. The topological polar surface area (TPSA) is 67.4 Å². The molecule has 2 N–H and O–H groups in total. The molecule has 0 fully saturated rings. The first kappa shape index (κ1) is 20.1.